The molecule has 5 nitrogen and oxygen atoms in total. The number of aromatic nitrogens is 3. The van der Waals surface area contributed by atoms with Gasteiger partial charge in [0.25, 0.3) is 0 Å². The van der Waals surface area contributed by atoms with Gasteiger partial charge >= 0.3 is 0 Å². The molecule has 0 amide bonds. The zero-order valence-electron chi connectivity index (χ0n) is 15.6. The second-order valence-corrected chi connectivity index (χ2v) is 9.02. The quantitative estimate of drug-likeness (QED) is 0.822. The Labute approximate surface area is 158 Å². The van der Waals surface area contributed by atoms with Gasteiger partial charge in [-0.1, -0.05) is 68.4 Å². The number of hydrogen-bond acceptors (Lipinski definition) is 5. The predicted octanol–water partition coefficient (Wildman–Crippen LogP) is 4.21. The first-order valence-corrected chi connectivity index (χ1v) is 10.0. The summed E-state index contributed by atoms with van der Waals surface area (Å²) < 4.78 is 1.90. The average Bonchev–Trinajstić information content (AvgIpc) is 2.95. The van der Waals surface area contributed by atoms with Gasteiger partial charge in [0.1, 0.15) is 5.78 Å². The van der Waals surface area contributed by atoms with Crippen molar-refractivity contribution in [3.63, 3.8) is 0 Å². The number of anilines is 1. The highest BCUT2D eigenvalue weighted by molar-refractivity contribution is 7.99. The van der Waals surface area contributed by atoms with Crippen LogP contribution in [0.3, 0.4) is 0 Å². The molecule has 0 saturated heterocycles. The summed E-state index contributed by atoms with van der Waals surface area (Å²) in [6.45, 7) is 8.37. The minimum absolute atomic E-state index is 0.142. The average molecular weight is 369 g/mol. The number of nitrogens with one attached hydrogen (secondary N) is 1. The molecular formula is C20H24N4OS. The molecule has 2 aliphatic rings. The van der Waals surface area contributed by atoms with E-state index in [1.165, 1.54) is 5.56 Å². The van der Waals surface area contributed by atoms with Crippen LogP contribution in [0.4, 0.5) is 5.95 Å². The van der Waals surface area contributed by atoms with E-state index in [9.17, 15) is 4.79 Å². The van der Waals surface area contributed by atoms with Crippen molar-refractivity contribution in [1.29, 1.82) is 0 Å². The van der Waals surface area contributed by atoms with E-state index in [4.69, 9.17) is 5.10 Å². The van der Waals surface area contributed by atoms with Crippen molar-refractivity contribution in [3.05, 3.63) is 47.2 Å². The Morgan fingerprint density at radius 2 is 2.04 bits per heavy atom. The van der Waals surface area contributed by atoms with E-state index >= 15 is 0 Å². The zero-order valence-corrected chi connectivity index (χ0v) is 16.4. The molecule has 4 rings (SSSR count). The van der Waals surface area contributed by atoms with E-state index in [1.54, 1.807) is 11.8 Å². The highest BCUT2D eigenvalue weighted by atomic mass is 32.2. The van der Waals surface area contributed by atoms with Gasteiger partial charge in [0.15, 0.2) is 0 Å². The summed E-state index contributed by atoms with van der Waals surface area (Å²) >= 11 is 1.61. The van der Waals surface area contributed by atoms with E-state index in [-0.39, 0.29) is 23.2 Å². The van der Waals surface area contributed by atoms with Crippen molar-refractivity contribution in [2.45, 2.75) is 45.3 Å². The van der Waals surface area contributed by atoms with Crippen LogP contribution in [0.2, 0.25) is 0 Å². The number of benzene rings is 1. The van der Waals surface area contributed by atoms with Gasteiger partial charge in [0.05, 0.1) is 12.0 Å². The van der Waals surface area contributed by atoms with Crippen LogP contribution in [0, 0.1) is 18.3 Å². The fourth-order valence-corrected chi connectivity index (χ4v) is 4.45. The molecule has 0 bridgehead atoms. The van der Waals surface area contributed by atoms with Gasteiger partial charge in [-0.2, -0.15) is 4.98 Å². The molecule has 6 heteroatoms. The van der Waals surface area contributed by atoms with Gasteiger partial charge in [0.2, 0.25) is 11.1 Å². The third-order valence-corrected chi connectivity index (χ3v) is 5.72. The molecule has 0 radical (unpaired) electrons. The van der Waals surface area contributed by atoms with Crippen LogP contribution in [0.25, 0.3) is 0 Å². The van der Waals surface area contributed by atoms with Crippen LogP contribution >= 0.6 is 11.8 Å². The van der Waals surface area contributed by atoms with Gasteiger partial charge in [-0.3, -0.25) is 4.79 Å². The highest BCUT2D eigenvalue weighted by Crippen LogP contribution is 2.45. The molecule has 2 aromatic rings. The number of hydrogen-bond donors (Lipinski definition) is 1. The molecule has 0 unspecified atom stereocenters. The van der Waals surface area contributed by atoms with Gasteiger partial charge in [-0.05, 0) is 23.7 Å². The van der Waals surface area contributed by atoms with Crippen LogP contribution in [0.15, 0.2) is 41.2 Å². The first-order chi connectivity index (χ1) is 12.4. The first-order valence-electron chi connectivity index (χ1n) is 9.06. The van der Waals surface area contributed by atoms with Crippen LogP contribution in [0.1, 0.15) is 44.4 Å². The summed E-state index contributed by atoms with van der Waals surface area (Å²) in [4.78, 5) is 17.7. The number of ketones is 1. The Hall–Kier alpha value is -2.08. The molecule has 26 heavy (non-hydrogen) atoms. The van der Waals surface area contributed by atoms with Gasteiger partial charge in [-0.25, -0.2) is 4.68 Å². The summed E-state index contributed by atoms with van der Waals surface area (Å²) in [5.41, 5.74) is 3.12. The number of thioether (sulfide) groups is 1. The lowest BCUT2D eigenvalue weighted by molar-refractivity contribution is -0.125. The lowest BCUT2D eigenvalue weighted by Gasteiger charge is -2.40. The van der Waals surface area contributed by atoms with Crippen molar-refractivity contribution >= 4 is 23.5 Å². The number of allylic oxidation sites excluding steroid dienone is 2. The number of carbonyl (C=O) groups excluding carboxylic acids is 1. The normalized spacial score (nSPS) is 23.7. The molecule has 1 aliphatic carbocycles. The molecule has 2 atom stereocenters. The first kappa shape index (κ1) is 17.3. The smallest absolute Gasteiger partial charge is 0.227 e. The second kappa shape index (κ2) is 6.27. The lowest BCUT2D eigenvalue weighted by atomic mass is 9.72. The fraction of sp³-hybridized carbons (Fsp3) is 0.450. The van der Waals surface area contributed by atoms with Crippen molar-refractivity contribution in [1.82, 2.24) is 14.8 Å². The largest absolute Gasteiger partial charge is 0.328 e. The molecule has 1 aliphatic heterocycles. The molecule has 0 fully saturated rings. The zero-order chi connectivity index (χ0) is 18.5. The van der Waals surface area contributed by atoms with E-state index in [0.717, 1.165) is 28.1 Å². The molecule has 1 aromatic carbocycles. The minimum Gasteiger partial charge on any atom is -0.328 e. The third kappa shape index (κ3) is 2.96. The molecule has 1 aromatic heterocycles. The number of fused-ring (bicyclic) bond motifs is 2. The SMILES string of the molecule is CCSc1nc2n(n1)[C@H](c1ccc(C)cc1)[C@H]1C(=O)CC(C)(C)C=C1N2. The molecular weight excluding hydrogens is 344 g/mol. The molecule has 1 N–H and O–H groups in total. The van der Waals surface area contributed by atoms with Crippen molar-refractivity contribution < 1.29 is 4.79 Å². The van der Waals surface area contributed by atoms with Gasteiger partial charge in [-0.15, -0.1) is 5.10 Å². The lowest BCUT2D eigenvalue weighted by Crippen LogP contribution is -2.42. The molecule has 0 saturated carbocycles. The molecule has 2 heterocycles. The molecule has 0 spiro atoms. The van der Waals surface area contributed by atoms with E-state index in [2.05, 4.69) is 68.3 Å². The van der Waals surface area contributed by atoms with E-state index in [0.29, 0.717) is 6.42 Å². The summed E-state index contributed by atoms with van der Waals surface area (Å²) in [6, 6.07) is 8.25. The fourth-order valence-electron chi connectivity index (χ4n) is 3.89. The third-order valence-electron chi connectivity index (χ3n) is 5.00. The minimum atomic E-state index is -0.237. The number of carbonyl (C=O) groups is 1. The maximum atomic E-state index is 13.1. The Morgan fingerprint density at radius 1 is 1.31 bits per heavy atom. The number of rotatable bonds is 3. The van der Waals surface area contributed by atoms with Crippen LogP contribution in [-0.4, -0.2) is 26.3 Å². The number of nitrogens with zero attached hydrogens (tertiary/aromatic N) is 3. The Bertz CT molecular complexity index is 882. The highest BCUT2D eigenvalue weighted by Gasteiger charge is 2.45. The maximum absolute atomic E-state index is 13.1. The summed E-state index contributed by atoms with van der Waals surface area (Å²) in [5.74, 6) is 1.66. The second-order valence-electron chi connectivity index (χ2n) is 7.79. The van der Waals surface area contributed by atoms with Crippen molar-refractivity contribution in [2.75, 3.05) is 11.1 Å². The van der Waals surface area contributed by atoms with Gasteiger partial charge < -0.3 is 5.32 Å². The Balaban J connectivity index is 1.88. The van der Waals surface area contributed by atoms with Crippen molar-refractivity contribution in [2.24, 2.45) is 11.3 Å². The molecule has 136 valence electrons. The van der Waals surface area contributed by atoms with E-state index < -0.39 is 0 Å². The monoisotopic (exact) mass is 368 g/mol. The standard InChI is InChI=1S/C20H24N4OS/c1-5-26-19-22-18-21-14-10-20(3,4)11-15(25)16(14)17(24(18)23-19)13-8-6-12(2)7-9-13/h6-10,16-17H,5,11H2,1-4H3,(H,21,22,23)/t16-,17-/m1/s1. The van der Waals surface area contributed by atoms with E-state index in [1.807, 2.05) is 4.68 Å². The van der Waals surface area contributed by atoms with Crippen LogP contribution < -0.4 is 5.32 Å². The maximum Gasteiger partial charge on any atom is 0.227 e. The Kier molecular flexibility index (Phi) is 4.18. The Morgan fingerprint density at radius 3 is 2.73 bits per heavy atom. The number of aryl methyl sites for hydroxylation is 1. The van der Waals surface area contributed by atoms with Crippen LogP contribution in [0.5, 0.6) is 0 Å². The summed E-state index contributed by atoms with van der Waals surface area (Å²) in [7, 11) is 0. The predicted molar refractivity (Wildman–Crippen MR) is 104 cm³/mol. The topological polar surface area (TPSA) is 59.8 Å². The summed E-state index contributed by atoms with van der Waals surface area (Å²) in [6.07, 6.45) is 2.75. The number of Topliss-reactive ketones (excluding diaryl/α,β-unsaturated/α-hetero) is 1. The van der Waals surface area contributed by atoms with Gasteiger partial charge in [0, 0.05) is 12.1 Å². The van der Waals surface area contributed by atoms with Crippen molar-refractivity contribution in [3.8, 4) is 0 Å². The van der Waals surface area contributed by atoms with Crippen LogP contribution in [-0.2, 0) is 4.79 Å². The summed E-state index contributed by atoms with van der Waals surface area (Å²) in [5, 5.41) is 8.85.